The maximum absolute atomic E-state index is 10.5. The number of aliphatic hydroxyl groups is 1. The highest BCUT2D eigenvalue weighted by atomic mass is 16.3. The van der Waals surface area contributed by atoms with Gasteiger partial charge in [0.2, 0.25) is 0 Å². The first-order valence-corrected chi connectivity index (χ1v) is 9.05. The van der Waals surface area contributed by atoms with E-state index in [0.717, 1.165) is 31.2 Å². The Morgan fingerprint density at radius 3 is 2.54 bits per heavy atom. The molecule has 24 heavy (non-hydrogen) atoms. The number of allylic oxidation sites excluding steroid dienone is 2. The molecule has 1 unspecified atom stereocenters. The molecular formula is C21H30O3. The van der Waals surface area contributed by atoms with Crippen LogP contribution in [0.25, 0.3) is 0 Å². The molecule has 0 aliphatic heterocycles. The van der Waals surface area contributed by atoms with E-state index in [9.17, 15) is 15.3 Å². The maximum Gasteiger partial charge on any atom is 0.160 e. The lowest BCUT2D eigenvalue weighted by Gasteiger charge is -2.57. The van der Waals surface area contributed by atoms with Crippen molar-refractivity contribution < 1.29 is 15.3 Å². The normalized spacial score (nSPS) is 32.5. The molecule has 1 aromatic rings. The molecule has 3 nitrogen and oxygen atoms in total. The van der Waals surface area contributed by atoms with Crippen LogP contribution < -0.4 is 0 Å². The van der Waals surface area contributed by atoms with Crippen LogP contribution in [0.1, 0.15) is 58.9 Å². The molecule has 3 heteroatoms. The summed E-state index contributed by atoms with van der Waals surface area (Å²) < 4.78 is 0. The Labute approximate surface area is 145 Å². The fraction of sp³-hybridized carbons (Fsp3) is 0.619. The monoisotopic (exact) mass is 330 g/mol. The van der Waals surface area contributed by atoms with E-state index < -0.39 is 0 Å². The molecule has 2 aliphatic rings. The van der Waals surface area contributed by atoms with Crippen LogP contribution >= 0.6 is 0 Å². The van der Waals surface area contributed by atoms with Gasteiger partial charge in [0.05, 0.1) is 6.10 Å². The Bertz CT molecular complexity index is 674. The number of fused-ring (bicyclic) bond motifs is 1. The average Bonchev–Trinajstić information content (AvgIpc) is 2.51. The summed E-state index contributed by atoms with van der Waals surface area (Å²) in [5, 5.41) is 30.6. The predicted molar refractivity (Wildman–Crippen MR) is 96.0 cm³/mol. The standard InChI is InChI=1S/C21H30O3/c1-13-8-9-17-20(2,3)18(23)10-11-21(17,4)15(13)12-14-6-5-7-16(22)19(14)24/h5-7,17-18,22-24H,8-12H2,1-4H3/t17?,18-,21+/m0/s1. The van der Waals surface area contributed by atoms with Gasteiger partial charge in [0.15, 0.2) is 11.5 Å². The lowest BCUT2D eigenvalue weighted by Crippen LogP contribution is -2.52. The second kappa shape index (κ2) is 5.80. The van der Waals surface area contributed by atoms with E-state index in [2.05, 4.69) is 27.7 Å². The third-order valence-corrected chi connectivity index (χ3v) is 6.94. The first-order valence-electron chi connectivity index (χ1n) is 9.05. The Kier molecular flexibility index (Phi) is 4.19. The molecule has 0 saturated heterocycles. The molecule has 3 rings (SSSR count). The number of rotatable bonds is 2. The van der Waals surface area contributed by atoms with E-state index in [1.54, 1.807) is 6.07 Å². The van der Waals surface area contributed by atoms with Crippen LogP contribution in [0, 0.1) is 16.7 Å². The van der Waals surface area contributed by atoms with Gasteiger partial charge in [-0.2, -0.15) is 0 Å². The number of aromatic hydroxyl groups is 2. The molecule has 1 fully saturated rings. The number of para-hydroxylation sites is 1. The minimum absolute atomic E-state index is 0.00127. The highest BCUT2D eigenvalue weighted by Crippen LogP contribution is 2.60. The second-order valence-corrected chi connectivity index (χ2v) is 8.61. The zero-order valence-electron chi connectivity index (χ0n) is 15.3. The molecular weight excluding hydrogens is 300 g/mol. The predicted octanol–water partition coefficient (Wildman–Crippen LogP) is 4.55. The van der Waals surface area contributed by atoms with Gasteiger partial charge in [0.25, 0.3) is 0 Å². The van der Waals surface area contributed by atoms with E-state index >= 15 is 0 Å². The lowest BCUT2D eigenvalue weighted by atomic mass is 9.49. The first kappa shape index (κ1) is 17.3. The van der Waals surface area contributed by atoms with Crippen molar-refractivity contribution in [1.29, 1.82) is 0 Å². The third kappa shape index (κ3) is 2.54. The molecule has 1 aromatic carbocycles. The smallest absolute Gasteiger partial charge is 0.160 e. The first-order chi connectivity index (χ1) is 11.2. The number of aliphatic hydroxyl groups excluding tert-OH is 1. The quantitative estimate of drug-likeness (QED) is 0.550. The van der Waals surface area contributed by atoms with Crippen LogP contribution in [0.15, 0.2) is 29.3 Å². The molecule has 0 heterocycles. The molecule has 0 bridgehead atoms. The van der Waals surface area contributed by atoms with Crippen LogP contribution in [-0.2, 0) is 6.42 Å². The Morgan fingerprint density at radius 1 is 1.12 bits per heavy atom. The van der Waals surface area contributed by atoms with Crippen molar-refractivity contribution in [3.05, 3.63) is 34.9 Å². The van der Waals surface area contributed by atoms with Gasteiger partial charge in [-0.3, -0.25) is 0 Å². The summed E-state index contributed by atoms with van der Waals surface area (Å²) >= 11 is 0. The van der Waals surface area contributed by atoms with Crippen LogP contribution in [-0.4, -0.2) is 21.4 Å². The average molecular weight is 330 g/mol. The Balaban J connectivity index is 2.01. The van der Waals surface area contributed by atoms with Crippen molar-refractivity contribution in [2.24, 2.45) is 16.7 Å². The van der Waals surface area contributed by atoms with Crippen molar-refractivity contribution in [2.45, 2.75) is 65.9 Å². The summed E-state index contributed by atoms with van der Waals surface area (Å²) in [4.78, 5) is 0. The van der Waals surface area contributed by atoms with Crippen LogP contribution in [0.2, 0.25) is 0 Å². The number of benzene rings is 1. The second-order valence-electron chi connectivity index (χ2n) is 8.61. The van der Waals surface area contributed by atoms with Crippen molar-refractivity contribution in [1.82, 2.24) is 0 Å². The number of hydrogen-bond acceptors (Lipinski definition) is 3. The van der Waals surface area contributed by atoms with Gasteiger partial charge in [-0.15, -0.1) is 0 Å². The van der Waals surface area contributed by atoms with Gasteiger partial charge in [-0.05, 0) is 61.8 Å². The highest BCUT2D eigenvalue weighted by molar-refractivity contribution is 5.47. The van der Waals surface area contributed by atoms with Gasteiger partial charge >= 0.3 is 0 Å². The summed E-state index contributed by atoms with van der Waals surface area (Å²) in [5.41, 5.74) is 3.53. The highest BCUT2D eigenvalue weighted by Gasteiger charge is 2.53. The maximum atomic E-state index is 10.5. The van der Waals surface area contributed by atoms with Gasteiger partial charge in [-0.25, -0.2) is 0 Å². The largest absolute Gasteiger partial charge is 0.504 e. The summed E-state index contributed by atoms with van der Waals surface area (Å²) in [6.07, 6.45) is 4.39. The molecule has 2 aliphatic carbocycles. The minimum atomic E-state index is -0.246. The lowest BCUT2D eigenvalue weighted by molar-refractivity contribution is -0.0889. The van der Waals surface area contributed by atoms with Crippen molar-refractivity contribution in [3.8, 4) is 11.5 Å². The topological polar surface area (TPSA) is 60.7 Å². The van der Waals surface area contributed by atoms with E-state index in [0.29, 0.717) is 12.3 Å². The Morgan fingerprint density at radius 2 is 1.83 bits per heavy atom. The van der Waals surface area contributed by atoms with E-state index in [1.807, 2.05) is 6.07 Å². The molecule has 0 aromatic heterocycles. The summed E-state index contributed by atoms with van der Waals surface area (Å²) in [6, 6.07) is 5.20. The van der Waals surface area contributed by atoms with Crippen LogP contribution in [0.4, 0.5) is 0 Å². The van der Waals surface area contributed by atoms with Gasteiger partial charge in [0, 0.05) is 5.56 Å². The molecule has 1 saturated carbocycles. The summed E-state index contributed by atoms with van der Waals surface area (Å²) in [6.45, 7) is 8.94. The van der Waals surface area contributed by atoms with E-state index in [1.165, 1.54) is 17.2 Å². The SMILES string of the molecule is CC1=C(Cc2cccc(O)c2O)[C@@]2(C)CC[C@H](O)C(C)(C)C2CC1. The van der Waals surface area contributed by atoms with Gasteiger partial charge in [0.1, 0.15) is 0 Å². The molecule has 3 N–H and O–H groups in total. The molecule has 0 radical (unpaired) electrons. The van der Waals surface area contributed by atoms with E-state index in [-0.39, 0.29) is 28.4 Å². The third-order valence-electron chi connectivity index (χ3n) is 6.94. The van der Waals surface area contributed by atoms with Crippen LogP contribution in [0.5, 0.6) is 11.5 Å². The van der Waals surface area contributed by atoms with E-state index in [4.69, 9.17) is 0 Å². The van der Waals surface area contributed by atoms with Crippen molar-refractivity contribution in [2.75, 3.05) is 0 Å². The number of hydrogen-bond donors (Lipinski definition) is 3. The zero-order chi connectivity index (χ0) is 17.7. The Hall–Kier alpha value is -1.48. The van der Waals surface area contributed by atoms with Crippen LogP contribution in [0.3, 0.4) is 0 Å². The summed E-state index contributed by atoms with van der Waals surface area (Å²) in [5.74, 6) is 0.383. The molecule has 3 atom stereocenters. The fourth-order valence-electron chi connectivity index (χ4n) is 5.35. The molecule has 0 spiro atoms. The zero-order valence-corrected chi connectivity index (χ0v) is 15.3. The molecule has 0 amide bonds. The summed E-state index contributed by atoms with van der Waals surface area (Å²) in [7, 11) is 0. The minimum Gasteiger partial charge on any atom is -0.504 e. The van der Waals surface area contributed by atoms with Gasteiger partial charge in [-0.1, -0.05) is 44.1 Å². The van der Waals surface area contributed by atoms with Crippen molar-refractivity contribution in [3.63, 3.8) is 0 Å². The van der Waals surface area contributed by atoms with Crippen molar-refractivity contribution >= 4 is 0 Å². The molecule has 132 valence electrons. The fourth-order valence-corrected chi connectivity index (χ4v) is 5.35. The van der Waals surface area contributed by atoms with Gasteiger partial charge < -0.3 is 15.3 Å². The number of phenols is 2. The number of phenolic OH excluding ortho intramolecular Hbond substituents is 2.